The lowest BCUT2D eigenvalue weighted by Gasteiger charge is -2.24. The molecule has 0 spiro atoms. The van der Waals surface area contributed by atoms with Gasteiger partial charge in [-0.05, 0) is 32.4 Å². The standard InChI is InChI=1S/C15H29N3/c1-6-12(4)18-10-9-14(17-18)11-15(16-5)13(7-2)8-3/h9-10,12-13,15-16H,6-8,11H2,1-5H3. The molecule has 0 radical (unpaired) electrons. The van der Waals surface area contributed by atoms with Crippen LogP contribution in [0.25, 0.3) is 0 Å². The third kappa shape index (κ3) is 3.84. The van der Waals surface area contributed by atoms with Gasteiger partial charge in [0, 0.05) is 24.7 Å². The fourth-order valence-electron chi connectivity index (χ4n) is 2.51. The Labute approximate surface area is 112 Å². The molecule has 0 aliphatic carbocycles. The molecule has 0 aromatic carbocycles. The summed E-state index contributed by atoms with van der Waals surface area (Å²) in [6.45, 7) is 8.96. The van der Waals surface area contributed by atoms with Gasteiger partial charge in [0.15, 0.2) is 0 Å². The molecule has 1 heterocycles. The molecule has 0 aliphatic rings. The summed E-state index contributed by atoms with van der Waals surface area (Å²) in [6, 6.07) is 3.21. The Balaban J connectivity index is 2.67. The monoisotopic (exact) mass is 251 g/mol. The second-order valence-corrected chi connectivity index (χ2v) is 5.22. The van der Waals surface area contributed by atoms with Gasteiger partial charge in [-0.2, -0.15) is 5.10 Å². The van der Waals surface area contributed by atoms with E-state index in [4.69, 9.17) is 5.10 Å². The van der Waals surface area contributed by atoms with Crippen LogP contribution < -0.4 is 5.32 Å². The zero-order valence-corrected chi connectivity index (χ0v) is 12.6. The highest BCUT2D eigenvalue weighted by Crippen LogP contribution is 2.17. The topological polar surface area (TPSA) is 29.9 Å². The first-order chi connectivity index (χ1) is 8.65. The van der Waals surface area contributed by atoms with E-state index in [1.54, 1.807) is 0 Å². The molecular formula is C15H29N3. The quantitative estimate of drug-likeness (QED) is 0.767. The minimum atomic E-state index is 0.500. The van der Waals surface area contributed by atoms with Crippen molar-refractivity contribution in [2.24, 2.45) is 5.92 Å². The predicted octanol–water partition coefficient (Wildman–Crippen LogP) is 3.42. The van der Waals surface area contributed by atoms with Crippen LogP contribution in [0.2, 0.25) is 0 Å². The molecule has 0 bridgehead atoms. The van der Waals surface area contributed by atoms with E-state index in [1.165, 1.54) is 18.5 Å². The van der Waals surface area contributed by atoms with E-state index in [9.17, 15) is 0 Å². The lowest BCUT2D eigenvalue weighted by molar-refractivity contribution is 0.345. The Morgan fingerprint density at radius 1 is 1.22 bits per heavy atom. The maximum Gasteiger partial charge on any atom is 0.0640 e. The molecule has 18 heavy (non-hydrogen) atoms. The van der Waals surface area contributed by atoms with Crippen molar-refractivity contribution in [2.45, 2.75) is 65.5 Å². The third-order valence-electron chi connectivity index (χ3n) is 4.12. The highest BCUT2D eigenvalue weighted by atomic mass is 15.3. The zero-order chi connectivity index (χ0) is 13.5. The summed E-state index contributed by atoms with van der Waals surface area (Å²) in [5.41, 5.74) is 1.21. The molecule has 2 unspecified atom stereocenters. The number of likely N-dealkylation sites (N-methyl/N-ethyl adjacent to an activating group) is 1. The summed E-state index contributed by atoms with van der Waals surface area (Å²) in [5.74, 6) is 0.740. The fourth-order valence-corrected chi connectivity index (χ4v) is 2.51. The van der Waals surface area contributed by atoms with Gasteiger partial charge in [-0.25, -0.2) is 0 Å². The Kier molecular flexibility index (Phi) is 6.41. The molecule has 1 N–H and O–H groups in total. The van der Waals surface area contributed by atoms with Gasteiger partial charge in [-0.1, -0.05) is 33.6 Å². The zero-order valence-electron chi connectivity index (χ0n) is 12.6. The summed E-state index contributed by atoms with van der Waals surface area (Å²) in [5, 5.41) is 8.15. The average Bonchev–Trinajstić information content (AvgIpc) is 2.86. The summed E-state index contributed by atoms with van der Waals surface area (Å²) >= 11 is 0. The molecule has 1 rings (SSSR count). The second kappa shape index (κ2) is 7.57. The Morgan fingerprint density at radius 2 is 1.89 bits per heavy atom. The SMILES string of the molecule is CCC(CC)C(Cc1ccn(C(C)CC)n1)NC. The van der Waals surface area contributed by atoms with Crippen molar-refractivity contribution in [3.05, 3.63) is 18.0 Å². The van der Waals surface area contributed by atoms with E-state index < -0.39 is 0 Å². The van der Waals surface area contributed by atoms with Crippen molar-refractivity contribution in [1.29, 1.82) is 0 Å². The number of aromatic nitrogens is 2. The van der Waals surface area contributed by atoms with E-state index >= 15 is 0 Å². The molecule has 0 saturated heterocycles. The van der Waals surface area contributed by atoms with Gasteiger partial charge in [0.25, 0.3) is 0 Å². The van der Waals surface area contributed by atoms with E-state index in [0.29, 0.717) is 12.1 Å². The van der Waals surface area contributed by atoms with E-state index in [1.807, 2.05) is 0 Å². The number of rotatable bonds is 8. The Hall–Kier alpha value is -0.830. The Morgan fingerprint density at radius 3 is 2.39 bits per heavy atom. The van der Waals surface area contributed by atoms with Crippen LogP contribution in [0, 0.1) is 5.92 Å². The number of nitrogens with zero attached hydrogens (tertiary/aromatic N) is 2. The summed E-state index contributed by atoms with van der Waals surface area (Å²) in [6.07, 6.45) is 6.74. The van der Waals surface area contributed by atoms with Crippen LogP contribution in [0.15, 0.2) is 12.3 Å². The molecular weight excluding hydrogens is 222 g/mol. The van der Waals surface area contributed by atoms with Crippen molar-refractivity contribution in [3.63, 3.8) is 0 Å². The molecule has 3 nitrogen and oxygen atoms in total. The van der Waals surface area contributed by atoms with Crippen LogP contribution in [0.1, 0.15) is 58.7 Å². The van der Waals surface area contributed by atoms with Crippen molar-refractivity contribution in [1.82, 2.24) is 15.1 Å². The minimum absolute atomic E-state index is 0.500. The molecule has 0 fully saturated rings. The van der Waals surface area contributed by atoms with Gasteiger partial charge in [-0.3, -0.25) is 4.68 Å². The molecule has 1 aromatic heterocycles. The minimum Gasteiger partial charge on any atom is -0.316 e. The van der Waals surface area contributed by atoms with E-state index in [2.05, 4.69) is 57.0 Å². The maximum atomic E-state index is 4.70. The molecule has 0 amide bonds. The van der Waals surface area contributed by atoms with Crippen molar-refractivity contribution in [3.8, 4) is 0 Å². The average molecular weight is 251 g/mol. The van der Waals surface area contributed by atoms with Crippen LogP contribution in [0.5, 0.6) is 0 Å². The number of nitrogens with one attached hydrogen (secondary N) is 1. The van der Waals surface area contributed by atoms with Gasteiger partial charge in [0.1, 0.15) is 0 Å². The highest BCUT2D eigenvalue weighted by molar-refractivity contribution is 5.03. The van der Waals surface area contributed by atoms with Crippen molar-refractivity contribution >= 4 is 0 Å². The summed E-state index contributed by atoms with van der Waals surface area (Å²) in [4.78, 5) is 0. The largest absolute Gasteiger partial charge is 0.316 e. The normalized spacial score (nSPS) is 15.0. The van der Waals surface area contributed by atoms with Crippen molar-refractivity contribution < 1.29 is 0 Å². The van der Waals surface area contributed by atoms with Gasteiger partial charge < -0.3 is 5.32 Å². The van der Waals surface area contributed by atoms with Crippen LogP contribution in [-0.2, 0) is 6.42 Å². The lowest BCUT2D eigenvalue weighted by Crippen LogP contribution is -2.35. The van der Waals surface area contributed by atoms with Gasteiger partial charge >= 0.3 is 0 Å². The maximum absolute atomic E-state index is 4.70. The Bertz CT molecular complexity index is 328. The molecule has 1 aromatic rings. The summed E-state index contributed by atoms with van der Waals surface area (Å²) < 4.78 is 2.09. The molecule has 2 atom stereocenters. The van der Waals surface area contributed by atoms with Crippen LogP contribution in [-0.4, -0.2) is 22.9 Å². The number of hydrogen-bond acceptors (Lipinski definition) is 2. The van der Waals surface area contributed by atoms with Gasteiger partial charge in [0.05, 0.1) is 5.69 Å². The lowest BCUT2D eigenvalue weighted by atomic mass is 9.91. The molecule has 3 heteroatoms. The molecule has 104 valence electrons. The molecule has 0 aliphatic heterocycles. The van der Waals surface area contributed by atoms with Crippen LogP contribution in [0.3, 0.4) is 0 Å². The van der Waals surface area contributed by atoms with E-state index in [-0.39, 0.29) is 0 Å². The van der Waals surface area contributed by atoms with Crippen molar-refractivity contribution in [2.75, 3.05) is 7.05 Å². The van der Waals surface area contributed by atoms with Gasteiger partial charge in [0.2, 0.25) is 0 Å². The smallest absolute Gasteiger partial charge is 0.0640 e. The second-order valence-electron chi connectivity index (χ2n) is 5.22. The third-order valence-corrected chi connectivity index (χ3v) is 4.12. The number of hydrogen-bond donors (Lipinski definition) is 1. The van der Waals surface area contributed by atoms with Gasteiger partial charge in [-0.15, -0.1) is 0 Å². The van der Waals surface area contributed by atoms with E-state index in [0.717, 1.165) is 18.8 Å². The first-order valence-electron chi connectivity index (χ1n) is 7.37. The highest BCUT2D eigenvalue weighted by Gasteiger charge is 2.18. The van der Waals surface area contributed by atoms with Crippen LogP contribution in [0.4, 0.5) is 0 Å². The first kappa shape index (κ1) is 15.2. The summed E-state index contributed by atoms with van der Waals surface area (Å²) in [7, 11) is 2.06. The first-order valence-corrected chi connectivity index (χ1v) is 7.37. The predicted molar refractivity (Wildman–Crippen MR) is 77.9 cm³/mol. The molecule has 0 saturated carbocycles. The fraction of sp³-hybridized carbons (Fsp3) is 0.800. The van der Waals surface area contributed by atoms with Crippen LogP contribution >= 0.6 is 0 Å².